The van der Waals surface area contributed by atoms with Crippen LogP contribution < -0.4 is 16.2 Å². The summed E-state index contributed by atoms with van der Waals surface area (Å²) in [4.78, 5) is 11.1. The van der Waals surface area contributed by atoms with Crippen LogP contribution in [0.1, 0.15) is 10.4 Å². The highest BCUT2D eigenvalue weighted by Crippen LogP contribution is 2.22. The zero-order valence-electron chi connectivity index (χ0n) is 10.6. The van der Waals surface area contributed by atoms with E-state index in [2.05, 4.69) is 9.82 Å². The average Bonchev–Trinajstić information content (AvgIpc) is 2.69. The average molecular weight is 295 g/mol. The standard InChI is InChI=1S/C11H13N5O3S/c1-16-6-9(10(12)14-16)20(18,19)15-8-5-3-2-4-7(8)11(13)17/h2-6,15H,1H3,(H2,12,14)(H2,13,17). The molecule has 0 aliphatic heterocycles. The summed E-state index contributed by atoms with van der Waals surface area (Å²) in [5.74, 6) is -0.862. The Balaban J connectivity index is 2.44. The van der Waals surface area contributed by atoms with Crippen LogP contribution in [0, 0.1) is 0 Å². The summed E-state index contributed by atoms with van der Waals surface area (Å²) in [6.45, 7) is 0. The minimum absolute atomic E-state index is 0.0681. The molecule has 1 amide bonds. The van der Waals surface area contributed by atoms with Gasteiger partial charge in [0.25, 0.3) is 15.9 Å². The van der Waals surface area contributed by atoms with Crippen molar-refractivity contribution in [1.29, 1.82) is 0 Å². The molecule has 0 radical (unpaired) electrons. The molecule has 1 heterocycles. The first-order valence-corrected chi connectivity index (χ1v) is 7.00. The maximum atomic E-state index is 12.2. The fourth-order valence-electron chi connectivity index (χ4n) is 1.68. The zero-order valence-corrected chi connectivity index (χ0v) is 11.4. The maximum Gasteiger partial charge on any atom is 0.267 e. The van der Waals surface area contributed by atoms with Crippen LogP contribution in [-0.2, 0) is 17.1 Å². The third kappa shape index (κ3) is 2.57. The first-order valence-electron chi connectivity index (χ1n) is 5.52. The Morgan fingerprint density at radius 1 is 1.35 bits per heavy atom. The Kier molecular flexibility index (Phi) is 3.36. The smallest absolute Gasteiger partial charge is 0.267 e. The number of aryl methyl sites for hydroxylation is 1. The van der Waals surface area contributed by atoms with Crippen molar-refractivity contribution in [2.75, 3.05) is 10.5 Å². The van der Waals surface area contributed by atoms with Gasteiger partial charge in [-0.3, -0.25) is 14.2 Å². The summed E-state index contributed by atoms with van der Waals surface area (Å²) in [7, 11) is -2.40. The molecule has 0 fully saturated rings. The van der Waals surface area contributed by atoms with E-state index in [1.165, 1.54) is 23.0 Å². The second-order valence-electron chi connectivity index (χ2n) is 4.07. The van der Waals surface area contributed by atoms with Crippen LogP contribution in [0.15, 0.2) is 35.4 Å². The number of hydrogen-bond acceptors (Lipinski definition) is 5. The van der Waals surface area contributed by atoms with E-state index in [0.717, 1.165) is 0 Å². The Labute approximate surface area is 115 Å². The van der Waals surface area contributed by atoms with Gasteiger partial charge in [-0.2, -0.15) is 5.10 Å². The molecule has 106 valence electrons. The van der Waals surface area contributed by atoms with Gasteiger partial charge < -0.3 is 11.5 Å². The van der Waals surface area contributed by atoms with Crippen molar-refractivity contribution in [2.45, 2.75) is 4.90 Å². The van der Waals surface area contributed by atoms with E-state index in [0.29, 0.717) is 0 Å². The number of amides is 1. The number of primary amides is 1. The molecule has 0 spiro atoms. The molecule has 2 aromatic rings. The molecule has 0 bridgehead atoms. The van der Waals surface area contributed by atoms with Gasteiger partial charge in [0.1, 0.15) is 4.90 Å². The molecule has 1 aromatic heterocycles. The highest BCUT2D eigenvalue weighted by Gasteiger charge is 2.22. The van der Waals surface area contributed by atoms with Gasteiger partial charge in [-0.25, -0.2) is 8.42 Å². The summed E-state index contributed by atoms with van der Waals surface area (Å²) < 4.78 is 28.0. The van der Waals surface area contributed by atoms with E-state index in [1.807, 2.05) is 0 Å². The third-order valence-electron chi connectivity index (χ3n) is 2.55. The second-order valence-corrected chi connectivity index (χ2v) is 5.72. The van der Waals surface area contributed by atoms with Crippen molar-refractivity contribution in [1.82, 2.24) is 9.78 Å². The number of nitrogens with zero attached hydrogens (tertiary/aromatic N) is 2. The van der Waals surface area contributed by atoms with Crippen LogP contribution in [0.25, 0.3) is 0 Å². The monoisotopic (exact) mass is 295 g/mol. The van der Waals surface area contributed by atoms with Gasteiger partial charge in [0.2, 0.25) is 0 Å². The molecule has 5 N–H and O–H groups in total. The highest BCUT2D eigenvalue weighted by atomic mass is 32.2. The number of nitrogens with one attached hydrogen (secondary N) is 1. The molecule has 20 heavy (non-hydrogen) atoms. The van der Waals surface area contributed by atoms with Crippen molar-refractivity contribution in [3.63, 3.8) is 0 Å². The zero-order chi connectivity index (χ0) is 14.9. The summed E-state index contributed by atoms with van der Waals surface area (Å²) in [5.41, 5.74) is 10.9. The Morgan fingerprint density at radius 2 is 2.00 bits per heavy atom. The van der Waals surface area contributed by atoms with Gasteiger partial charge in [-0.05, 0) is 12.1 Å². The number of carbonyl (C=O) groups excluding carboxylic acids is 1. The van der Waals surface area contributed by atoms with Crippen molar-refractivity contribution in [3.8, 4) is 0 Å². The topological polar surface area (TPSA) is 133 Å². The molecule has 8 nitrogen and oxygen atoms in total. The molecule has 0 saturated heterocycles. The number of carbonyl (C=O) groups is 1. The molecule has 1 aromatic carbocycles. The summed E-state index contributed by atoms with van der Waals surface area (Å²) in [5, 5.41) is 3.76. The van der Waals surface area contributed by atoms with Crippen LogP contribution in [0.4, 0.5) is 11.5 Å². The molecule has 0 aliphatic rings. The number of nitrogen functional groups attached to an aromatic ring is 1. The summed E-state index contributed by atoms with van der Waals surface area (Å²) in [6, 6.07) is 6.02. The van der Waals surface area contributed by atoms with Gasteiger partial charge in [-0.15, -0.1) is 0 Å². The van der Waals surface area contributed by atoms with E-state index >= 15 is 0 Å². The first kappa shape index (κ1) is 13.9. The SMILES string of the molecule is Cn1cc(S(=O)(=O)Nc2ccccc2C(N)=O)c(N)n1. The number of benzene rings is 1. The van der Waals surface area contributed by atoms with Crippen molar-refractivity contribution in [2.24, 2.45) is 12.8 Å². The van der Waals surface area contributed by atoms with Crippen LogP contribution in [0.5, 0.6) is 0 Å². The van der Waals surface area contributed by atoms with E-state index in [1.54, 1.807) is 19.2 Å². The predicted molar refractivity (Wildman–Crippen MR) is 73.4 cm³/mol. The summed E-state index contributed by atoms with van der Waals surface area (Å²) >= 11 is 0. The van der Waals surface area contributed by atoms with Crippen molar-refractivity contribution >= 4 is 27.4 Å². The number of hydrogen-bond donors (Lipinski definition) is 3. The van der Waals surface area contributed by atoms with Gasteiger partial charge >= 0.3 is 0 Å². The molecule has 0 aliphatic carbocycles. The number of para-hydroxylation sites is 1. The van der Waals surface area contributed by atoms with Gasteiger partial charge in [-0.1, -0.05) is 12.1 Å². The highest BCUT2D eigenvalue weighted by molar-refractivity contribution is 7.92. The minimum atomic E-state index is -3.95. The first-order chi connectivity index (χ1) is 9.31. The van der Waals surface area contributed by atoms with Gasteiger partial charge in [0.05, 0.1) is 11.3 Å². The fourth-order valence-corrected chi connectivity index (χ4v) is 2.86. The second kappa shape index (κ2) is 4.85. The van der Waals surface area contributed by atoms with Crippen molar-refractivity contribution in [3.05, 3.63) is 36.0 Å². The Morgan fingerprint density at radius 3 is 2.55 bits per heavy atom. The van der Waals surface area contributed by atoms with Crippen LogP contribution >= 0.6 is 0 Å². The molecule has 0 saturated carbocycles. The van der Waals surface area contributed by atoms with E-state index in [-0.39, 0.29) is 22.0 Å². The number of sulfonamides is 1. The lowest BCUT2D eigenvalue weighted by molar-refractivity contribution is 0.100. The number of rotatable bonds is 4. The minimum Gasteiger partial charge on any atom is -0.381 e. The number of nitrogens with two attached hydrogens (primary N) is 2. The van der Waals surface area contributed by atoms with E-state index in [9.17, 15) is 13.2 Å². The van der Waals surface area contributed by atoms with Crippen molar-refractivity contribution < 1.29 is 13.2 Å². The molecule has 0 unspecified atom stereocenters. The lowest BCUT2D eigenvalue weighted by atomic mass is 10.2. The van der Waals surface area contributed by atoms with Gasteiger partial charge in [0.15, 0.2) is 5.82 Å². The number of aromatic nitrogens is 2. The van der Waals surface area contributed by atoms with E-state index in [4.69, 9.17) is 11.5 Å². The molecule has 9 heteroatoms. The fraction of sp³-hybridized carbons (Fsp3) is 0.0909. The van der Waals surface area contributed by atoms with E-state index < -0.39 is 15.9 Å². The molecular weight excluding hydrogens is 282 g/mol. The van der Waals surface area contributed by atoms with Gasteiger partial charge in [0, 0.05) is 13.2 Å². The normalized spacial score (nSPS) is 11.2. The van der Waals surface area contributed by atoms with Crippen LogP contribution in [-0.4, -0.2) is 24.1 Å². The lowest BCUT2D eigenvalue weighted by Gasteiger charge is -2.09. The number of anilines is 2. The van der Waals surface area contributed by atoms with Crippen LogP contribution in [0.3, 0.4) is 0 Å². The van der Waals surface area contributed by atoms with Crippen LogP contribution in [0.2, 0.25) is 0 Å². The largest absolute Gasteiger partial charge is 0.381 e. The predicted octanol–water partition coefficient (Wildman–Crippen LogP) is -0.0980. The quantitative estimate of drug-likeness (QED) is 0.724. The maximum absolute atomic E-state index is 12.2. The Hall–Kier alpha value is -2.55. The summed E-state index contributed by atoms with van der Waals surface area (Å²) in [6.07, 6.45) is 1.27. The molecule has 0 atom stereocenters. The molecular formula is C11H13N5O3S. The third-order valence-corrected chi connectivity index (χ3v) is 3.93. The Bertz CT molecular complexity index is 766. The lowest BCUT2D eigenvalue weighted by Crippen LogP contribution is -2.19. The molecule has 2 rings (SSSR count).